The topological polar surface area (TPSA) is 67.9 Å². The van der Waals surface area contributed by atoms with Gasteiger partial charge in [0.15, 0.2) is 0 Å². The lowest BCUT2D eigenvalue weighted by Gasteiger charge is -2.23. The van der Waals surface area contributed by atoms with Crippen LogP contribution in [0, 0.1) is 0 Å². The summed E-state index contributed by atoms with van der Waals surface area (Å²) in [6, 6.07) is 5.25. The number of hydrogen-bond donors (Lipinski definition) is 1. The van der Waals surface area contributed by atoms with Crippen molar-refractivity contribution in [2.45, 2.75) is 20.3 Å². The summed E-state index contributed by atoms with van der Waals surface area (Å²) in [4.78, 5) is 24.7. The minimum Gasteiger partial charge on any atom is -0.497 e. The third-order valence-corrected chi connectivity index (χ3v) is 3.04. The zero-order valence-corrected chi connectivity index (χ0v) is 12.9. The van der Waals surface area contributed by atoms with E-state index in [1.807, 2.05) is 0 Å². The number of amides is 2. The third-order valence-electron chi connectivity index (χ3n) is 3.04. The number of ether oxygens (including phenoxy) is 2. The number of nitrogens with zero attached hydrogens (tertiary/aromatic N) is 1. The van der Waals surface area contributed by atoms with Crippen LogP contribution >= 0.6 is 0 Å². The van der Waals surface area contributed by atoms with E-state index in [2.05, 4.69) is 5.32 Å². The minimum absolute atomic E-state index is 0.0415. The van der Waals surface area contributed by atoms with Gasteiger partial charge in [0.1, 0.15) is 11.5 Å². The average Bonchev–Trinajstić information content (AvgIpc) is 2.50. The highest BCUT2D eigenvalue weighted by atomic mass is 16.5. The van der Waals surface area contributed by atoms with Crippen molar-refractivity contribution in [3.8, 4) is 11.5 Å². The Labute approximate surface area is 125 Å². The second-order valence-electron chi connectivity index (χ2n) is 4.41. The van der Waals surface area contributed by atoms with Crippen LogP contribution < -0.4 is 19.7 Å². The zero-order chi connectivity index (χ0) is 15.8. The van der Waals surface area contributed by atoms with Crippen LogP contribution in [0.3, 0.4) is 0 Å². The summed E-state index contributed by atoms with van der Waals surface area (Å²) in [6.45, 7) is 4.03. The monoisotopic (exact) mass is 294 g/mol. The summed E-state index contributed by atoms with van der Waals surface area (Å²) in [6.07, 6.45) is 0.423. The first-order chi connectivity index (χ1) is 10.0. The van der Waals surface area contributed by atoms with Gasteiger partial charge < -0.3 is 19.7 Å². The van der Waals surface area contributed by atoms with E-state index in [9.17, 15) is 9.59 Å². The Morgan fingerprint density at radius 1 is 1.24 bits per heavy atom. The van der Waals surface area contributed by atoms with Crippen molar-refractivity contribution in [2.75, 3.05) is 32.2 Å². The maximum atomic E-state index is 11.8. The number of methoxy groups -OCH3 is 2. The molecule has 0 fully saturated rings. The number of hydrogen-bond acceptors (Lipinski definition) is 4. The fourth-order valence-corrected chi connectivity index (χ4v) is 1.89. The molecule has 1 rings (SSSR count). The van der Waals surface area contributed by atoms with Gasteiger partial charge in [0.25, 0.3) is 0 Å². The highest BCUT2D eigenvalue weighted by Gasteiger charge is 2.16. The molecule has 0 aliphatic rings. The lowest BCUT2D eigenvalue weighted by Crippen LogP contribution is -2.37. The molecule has 0 aromatic heterocycles. The number of rotatable bonds is 7. The third kappa shape index (κ3) is 4.66. The summed E-state index contributed by atoms with van der Waals surface area (Å²) in [5.74, 6) is 1.04. The van der Waals surface area contributed by atoms with E-state index in [-0.39, 0.29) is 11.8 Å². The molecule has 0 aliphatic heterocycles. The van der Waals surface area contributed by atoms with Crippen molar-refractivity contribution in [1.29, 1.82) is 0 Å². The summed E-state index contributed by atoms with van der Waals surface area (Å²) in [5, 5.41) is 2.75. The van der Waals surface area contributed by atoms with Gasteiger partial charge in [-0.1, -0.05) is 6.92 Å². The quantitative estimate of drug-likeness (QED) is 0.829. The lowest BCUT2D eigenvalue weighted by atomic mass is 10.2. The zero-order valence-electron chi connectivity index (χ0n) is 12.9. The molecule has 0 radical (unpaired) electrons. The summed E-state index contributed by atoms with van der Waals surface area (Å²) in [7, 11) is 3.10. The largest absolute Gasteiger partial charge is 0.497 e. The highest BCUT2D eigenvalue weighted by molar-refractivity contribution is 5.93. The average molecular weight is 294 g/mol. The molecule has 0 aliphatic carbocycles. The van der Waals surface area contributed by atoms with E-state index in [1.54, 1.807) is 37.1 Å². The van der Waals surface area contributed by atoms with Gasteiger partial charge in [0.2, 0.25) is 11.8 Å². The van der Waals surface area contributed by atoms with Crippen LogP contribution in [-0.2, 0) is 9.59 Å². The van der Waals surface area contributed by atoms with E-state index >= 15 is 0 Å². The van der Waals surface area contributed by atoms with Gasteiger partial charge in [0.05, 0.1) is 19.9 Å². The minimum atomic E-state index is -0.121. The highest BCUT2D eigenvalue weighted by Crippen LogP contribution is 2.32. The Hall–Kier alpha value is -2.24. The molecular weight excluding hydrogens is 272 g/mol. The van der Waals surface area contributed by atoms with E-state index < -0.39 is 0 Å². The Morgan fingerprint density at radius 3 is 2.48 bits per heavy atom. The Kier molecular flexibility index (Phi) is 6.52. The Morgan fingerprint density at radius 2 is 1.95 bits per heavy atom. The van der Waals surface area contributed by atoms with E-state index in [0.717, 1.165) is 0 Å². The van der Waals surface area contributed by atoms with Gasteiger partial charge in [0, 0.05) is 32.5 Å². The van der Waals surface area contributed by atoms with Gasteiger partial charge in [-0.2, -0.15) is 0 Å². The first-order valence-electron chi connectivity index (χ1n) is 6.80. The molecule has 6 heteroatoms. The van der Waals surface area contributed by atoms with Crippen LogP contribution in [0.4, 0.5) is 5.69 Å². The van der Waals surface area contributed by atoms with Crippen molar-refractivity contribution in [2.24, 2.45) is 0 Å². The van der Waals surface area contributed by atoms with Gasteiger partial charge in [-0.05, 0) is 12.1 Å². The molecule has 1 aromatic rings. The molecule has 116 valence electrons. The molecule has 0 spiro atoms. The van der Waals surface area contributed by atoms with Crippen LogP contribution in [-0.4, -0.2) is 39.1 Å². The summed E-state index contributed by atoms with van der Waals surface area (Å²) >= 11 is 0. The van der Waals surface area contributed by atoms with Crippen molar-refractivity contribution < 1.29 is 19.1 Å². The molecule has 0 atom stereocenters. The van der Waals surface area contributed by atoms with Crippen LogP contribution in [0.2, 0.25) is 0 Å². The lowest BCUT2D eigenvalue weighted by molar-refractivity contribution is -0.121. The molecule has 1 aromatic carbocycles. The molecule has 6 nitrogen and oxygen atoms in total. The maximum absolute atomic E-state index is 11.8. The van der Waals surface area contributed by atoms with E-state index in [1.165, 1.54) is 14.0 Å². The molecule has 0 heterocycles. The van der Waals surface area contributed by atoms with Crippen molar-refractivity contribution in [1.82, 2.24) is 5.32 Å². The Bertz CT molecular complexity index is 502. The van der Waals surface area contributed by atoms with Crippen LogP contribution in [0.5, 0.6) is 11.5 Å². The standard InChI is InChI=1S/C15H22N2O4/c1-5-15(19)16-8-9-17(11(2)18)13-7-6-12(20-3)10-14(13)21-4/h6-7,10H,5,8-9H2,1-4H3,(H,16,19). The predicted octanol–water partition coefficient (Wildman–Crippen LogP) is 1.58. The van der Waals surface area contributed by atoms with Crippen LogP contribution in [0.25, 0.3) is 0 Å². The van der Waals surface area contributed by atoms with Crippen LogP contribution in [0.15, 0.2) is 18.2 Å². The maximum Gasteiger partial charge on any atom is 0.224 e. The van der Waals surface area contributed by atoms with Gasteiger partial charge in [-0.3, -0.25) is 9.59 Å². The fraction of sp³-hybridized carbons (Fsp3) is 0.467. The SMILES string of the molecule is CCC(=O)NCCN(C(C)=O)c1ccc(OC)cc1OC. The van der Waals surface area contributed by atoms with Gasteiger partial charge in [-0.15, -0.1) is 0 Å². The van der Waals surface area contributed by atoms with Gasteiger partial charge in [-0.25, -0.2) is 0 Å². The number of carbonyl (C=O) groups excluding carboxylic acids is 2. The van der Waals surface area contributed by atoms with E-state index in [0.29, 0.717) is 36.7 Å². The molecule has 21 heavy (non-hydrogen) atoms. The van der Waals surface area contributed by atoms with Crippen molar-refractivity contribution in [3.63, 3.8) is 0 Å². The van der Waals surface area contributed by atoms with Crippen molar-refractivity contribution in [3.05, 3.63) is 18.2 Å². The normalized spacial score (nSPS) is 9.90. The predicted molar refractivity (Wildman–Crippen MR) is 80.9 cm³/mol. The Balaban J connectivity index is 2.90. The van der Waals surface area contributed by atoms with Gasteiger partial charge >= 0.3 is 0 Å². The second-order valence-corrected chi connectivity index (χ2v) is 4.41. The number of carbonyl (C=O) groups is 2. The van der Waals surface area contributed by atoms with Crippen LogP contribution in [0.1, 0.15) is 20.3 Å². The second kappa shape index (κ2) is 8.14. The van der Waals surface area contributed by atoms with Crippen molar-refractivity contribution >= 4 is 17.5 Å². The summed E-state index contributed by atoms with van der Waals surface area (Å²) in [5.41, 5.74) is 0.650. The molecule has 0 saturated heterocycles. The molecule has 0 saturated carbocycles. The fourth-order valence-electron chi connectivity index (χ4n) is 1.89. The van der Waals surface area contributed by atoms with E-state index in [4.69, 9.17) is 9.47 Å². The molecule has 0 unspecified atom stereocenters. The molecule has 0 bridgehead atoms. The molecule has 2 amide bonds. The molecular formula is C15H22N2O4. The number of nitrogens with one attached hydrogen (secondary N) is 1. The first kappa shape index (κ1) is 16.8. The summed E-state index contributed by atoms with van der Waals surface area (Å²) < 4.78 is 10.4. The first-order valence-corrected chi connectivity index (χ1v) is 6.80. The molecule has 1 N–H and O–H groups in total. The number of anilines is 1. The number of benzene rings is 1. The smallest absolute Gasteiger partial charge is 0.224 e.